The third-order valence-corrected chi connectivity index (χ3v) is 4.15. The molecule has 0 saturated carbocycles. The number of nitrogens with one attached hydrogen (secondary N) is 1. The van der Waals surface area contributed by atoms with Crippen molar-refractivity contribution in [1.29, 1.82) is 0 Å². The van der Waals surface area contributed by atoms with Gasteiger partial charge in [-0.05, 0) is 55.3 Å². The van der Waals surface area contributed by atoms with Gasteiger partial charge in [0, 0.05) is 10.2 Å². The first kappa shape index (κ1) is 14.8. The molecule has 4 nitrogen and oxygen atoms in total. The Morgan fingerprint density at radius 3 is 2.77 bits per heavy atom. The standard InChI is InChI=1S/C17H16BrN3O/c1-11-6-15-16(7-12(11)2)21(10-19-15)9-17(22)20-14-5-3-4-13(18)8-14/h3-8,10H,9H2,1-2H3,(H,20,22). The molecule has 0 bridgehead atoms. The lowest BCUT2D eigenvalue weighted by Crippen LogP contribution is -2.18. The zero-order valence-corrected chi connectivity index (χ0v) is 14.0. The minimum absolute atomic E-state index is 0.0735. The van der Waals surface area contributed by atoms with E-state index in [1.165, 1.54) is 11.1 Å². The number of hydrogen-bond acceptors (Lipinski definition) is 2. The fourth-order valence-electron chi connectivity index (χ4n) is 2.36. The second-order valence-electron chi connectivity index (χ2n) is 5.36. The molecule has 1 aromatic heterocycles. The smallest absolute Gasteiger partial charge is 0.244 e. The number of rotatable bonds is 3. The molecule has 0 aliphatic heterocycles. The van der Waals surface area contributed by atoms with Crippen LogP contribution in [0.2, 0.25) is 0 Å². The van der Waals surface area contributed by atoms with Gasteiger partial charge in [0.25, 0.3) is 0 Å². The van der Waals surface area contributed by atoms with E-state index in [0.29, 0.717) is 0 Å². The highest BCUT2D eigenvalue weighted by Crippen LogP contribution is 2.19. The van der Waals surface area contributed by atoms with Crippen LogP contribution in [0.25, 0.3) is 11.0 Å². The Morgan fingerprint density at radius 2 is 2.00 bits per heavy atom. The summed E-state index contributed by atoms with van der Waals surface area (Å²) in [6.07, 6.45) is 1.71. The first-order chi connectivity index (χ1) is 10.5. The van der Waals surface area contributed by atoms with Gasteiger partial charge < -0.3 is 9.88 Å². The number of amides is 1. The summed E-state index contributed by atoms with van der Waals surface area (Å²) >= 11 is 3.39. The number of aromatic nitrogens is 2. The quantitative estimate of drug-likeness (QED) is 0.768. The summed E-state index contributed by atoms with van der Waals surface area (Å²) in [6.45, 7) is 4.37. The lowest BCUT2D eigenvalue weighted by Gasteiger charge is -2.08. The van der Waals surface area contributed by atoms with Crippen LogP contribution in [0.4, 0.5) is 5.69 Å². The lowest BCUT2D eigenvalue weighted by atomic mass is 10.1. The zero-order valence-electron chi connectivity index (χ0n) is 12.4. The van der Waals surface area contributed by atoms with E-state index in [9.17, 15) is 4.79 Å². The maximum atomic E-state index is 12.2. The predicted octanol–water partition coefficient (Wildman–Crippen LogP) is 4.05. The highest BCUT2D eigenvalue weighted by molar-refractivity contribution is 9.10. The fraction of sp³-hybridized carbons (Fsp3) is 0.176. The number of hydrogen-bond donors (Lipinski definition) is 1. The van der Waals surface area contributed by atoms with E-state index < -0.39 is 0 Å². The Morgan fingerprint density at radius 1 is 1.23 bits per heavy atom. The molecule has 5 heteroatoms. The van der Waals surface area contributed by atoms with E-state index in [0.717, 1.165) is 21.2 Å². The van der Waals surface area contributed by atoms with Crippen LogP contribution in [0.3, 0.4) is 0 Å². The van der Waals surface area contributed by atoms with Gasteiger partial charge in [0.05, 0.1) is 17.4 Å². The van der Waals surface area contributed by atoms with Crippen LogP contribution in [0.15, 0.2) is 47.2 Å². The molecule has 0 saturated heterocycles. The summed E-state index contributed by atoms with van der Waals surface area (Å²) in [6, 6.07) is 11.7. The average Bonchev–Trinajstić information content (AvgIpc) is 2.81. The predicted molar refractivity (Wildman–Crippen MR) is 92.0 cm³/mol. The molecule has 0 aliphatic carbocycles. The molecule has 0 atom stereocenters. The molecule has 22 heavy (non-hydrogen) atoms. The van der Waals surface area contributed by atoms with E-state index in [4.69, 9.17) is 0 Å². The second-order valence-corrected chi connectivity index (χ2v) is 6.27. The van der Waals surface area contributed by atoms with E-state index >= 15 is 0 Å². The van der Waals surface area contributed by atoms with Crippen LogP contribution in [-0.2, 0) is 11.3 Å². The number of carbonyl (C=O) groups is 1. The monoisotopic (exact) mass is 357 g/mol. The Labute approximate surface area is 137 Å². The molecular formula is C17H16BrN3O. The highest BCUT2D eigenvalue weighted by Gasteiger charge is 2.09. The van der Waals surface area contributed by atoms with Gasteiger partial charge in [-0.15, -0.1) is 0 Å². The lowest BCUT2D eigenvalue weighted by molar-refractivity contribution is -0.116. The van der Waals surface area contributed by atoms with Gasteiger partial charge in [-0.1, -0.05) is 22.0 Å². The summed E-state index contributed by atoms with van der Waals surface area (Å²) in [5, 5.41) is 2.89. The molecule has 2 aromatic carbocycles. The largest absolute Gasteiger partial charge is 0.324 e. The number of imidazole rings is 1. The minimum Gasteiger partial charge on any atom is -0.324 e. The van der Waals surface area contributed by atoms with Crippen LogP contribution >= 0.6 is 15.9 Å². The van der Waals surface area contributed by atoms with Gasteiger partial charge in [0.2, 0.25) is 5.91 Å². The second kappa shape index (κ2) is 5.93. The van der Waals surface area contributed by atoms with E-state index in [1.807, 2.05) is 34.9 Å². The number of fused-ring (bicyclic) bond motifs is 1. The minimum atomic E-state index is -0.0735. The van der Waals surface area contributed by atoms with Crippen LogP contribution in [-0.4, -0.2) is 15.5 Å². The topological polar surface area (TPSA) is 46.9 Å². The summed E-state index contributed by atoms with van der Waals surface area (Å²) in [7, 11) is 0. The van der Waals surface area contributed by atoms with Crippen molar-refractivity contribution < 1.29 is 4.79 Å². The molecule has 1 heterocycles. The molecule has 3 rings (SSSR count). The third kappa shape index (κ3) is 3.04. The van der Waals surface area contributed by atoms with Crippen molar-refractivity contribution in [1.82, 2.24) is 9.55 Å². The average molecular weight is 358 g/mol. The Kier molecular flexibility index (Phi) is 3.98. The van der Waals surface area contributed by atoms with Crippen LogP contribution in [0, 0.1) is 13.8 Å². The van der Waals surface area contributed by atoms with E-state index in [1.54, 1.807) is 6.33 Å². The molecular weight excluding hydrogens is 342 g/mol. The summed E-state index contributed by atoms with van der Waals surface area (Å²) < 4.78 is 2.80. The fourth-order valence-corrected chi connectivity index (χ4v) is 2.76. The van der Waals surface area contributed by atoms with Gasteiger partial charge in [0.15, 0.2) is 0 Å². The van der Waals surface area contributed by atoms with Gasteiger partial charge in [-0.2, -0.15) is 0 Å². The van der Waals surface area contributed by atoms with Gasteiger partial charge in [-0.3, -0.25) is 4.79 Å². The van der Waals surface area contributed by atoms with E-state index in [-0.39, 0.29) is 12.5 Å². The van der Waals surface area contributed by atoms with Crippen molar-refractivity contribution in [2.45, 2.75) is 20.4 Å². The summed E-state index contributed by atoms with van der Waals surface area (Å²) in [4.78, 5) is 16.6. The van der Waals surface area contributed by atoms with Crippen molar-refractivity contribution in [3.05, 3.63) is 58.3 Å². The number of aryl methyl sites for hydroxylation is 2. The zero-order chi connectivity index (χ0) is 15.7. The summed E-state index contributed by atoms with van der Waals surface area (Å²) in [5.74, 6) is -0.0735. The number of benzene rings is 2. The third-order valence-electron chi connectivity index (χ3n) is 3.66. The molecule has 0 unspecified atom stereocenters. The van der Waals surface area contributed by atoms with Crippen molar-refractivity contribution in [2.75, 3.05) is 5.32 Å². The number of halogens is 1. The molecule has 1 N–H and O–H groups in total. The number of nitrogens with zero attached hydrogens (tertiary/aromatic N) is 2. The Balaban J connectivity index is 1.81. The first-order valence-corrected chi connectivity index (χ1v) is 7.80. The molecule has 112 valence electrons. The van der Waals surface area contributed by atoms with Gasteiger partial charge in [0.1, 0.15) is 6.54 Å². The Hall–Kier alpha value is -2.14. The summed E-state index contributed by atoms with van der Waals surface area (Å²) in [5.41, 5.74) is 5.07. The molecule has 1 amide bonds. The first-order valence-electron chi connectivity index (χ1n) is 7.00. The van der Waals surface area contributed by atoms with Crippen molar-refractivity contribution in [2.24, 2.45) is 0 Å². The van der Waals surface area contributed by atoms with Crippen molar-refractivity contribution in [3.8, 4) is 0 Å². The highest BCUT2D eigenvalue weighted by atomic mass is 79.9. The molecule has 3 aromatic rings. The van der Waals surface area contributed by atoms with Crippen LogP contribution in [0.1, 0.15) is 11.1 Å². The van der Waals surface area contributed by atoms with Crippen LogP contribution in [0.5, 0.6) is 0 Å². The van der Waals surface area contributed by atoms with Crippen molar-refractivity contribution >= 4 is 38.6 Å². The maximum Gasteiger partial charge on any atom is 0.244 e. The SMILES string of the molecule is Cc1cc2ncn(CC(=O)Nc3cccc(Br)c3)c2cc1C. The molecule has 0 fully saturated rings. The molecule has 0 spiro atoms. The van der Waals surface area contributed by atoms with E-state index in [2.05, 4.69) is 46.1 Å². The normalized spacial score (nSPS) is 10.9. The Bertz CT molecular complexity index is 854. The molecule has 0 radical (unpaired) electrons. The van der Waals surface area contributed by atoms with Crippen LogP contribution < -0.4 is 5.32 Å². The van der Waals surface area contributed by atoms with Crippen molar-refractivity contribution in [3.63, 3.8) is 0 Å². The maximum absolute atomic E-state index is 12.2. The van der Waals surface area contributed by atoms with Gasteiger partial charge >= 0.3 is 0 Å². The van der Waals surface area contributed by atoms with Gasteiger partial charge in [-0.25, -0.2) is 4.98 Å². The number of carbonyl (C=O) groups excluding carboxylic acids is 1. The number of anilines is 1. The molecule has 0 aliphatic rings.